The standard InChI is InChI=1S/C16H21N3O/c1-20-16-5-3-12-2-4-14(8-13(12)9-16)18-7-6-15-10-17-11-19-15/h3,5,9-11,14,18H,2,4,6-8H2,1H3,(H,17,19). The molecule has 1 aromatic carbocycles. The van der Waals surface area contributed by atoms with E-state index in [9.17, 15) is 0 Å². The van der Waals surface area contributed by atoms with Gasteiger partial charge in [-0.1, -0.05) is 6.07 Å². The Morgan fingerprint density at radius 2 is 2.35 bits per heavy atom. The van der Waals surface area contributed by atoms with Gasteiger partial charge in [0.15, 0.2) is 0 Å². The van der Waals surface area contributed by atoms with Gasteiger partial charge in [-0.15, -0.1) is 0 Å². The molecule has 1 aliphatic rings. The first-order chi connectivity index (χ1) is 9.85. The van der Waals surface area contributed by atoms with Crippen molar-refractivity contribution < 1.29 is 4.74 Å². The highest BCUT2D eigenvalue weighted by Crippen LogP contribution is 2.25. The van der Waals surface area contributed by atoms with Gasteiger partial charge < -0.3 is 15.0 Å². The smallest absolute Gasteiger partial charge is 0.119 e. The Morgan fingerprint density at radius 3 is 3.15 bits per heavy atom. The van der Waals surface area contributed by atoms with Gasteiger partial charge >= 0.3 is 0 Å². The zero-order valence-electron chi connectivity index (χ0n) is 11.9. The first-order valence-electron chi connectivity index (χ1n) is 7.21. The van der Waals surface area contributed by atoms with Gasteiger partial charge in [0.25, 0.3) is 0 Å². The molecule has 0 radical (unpaired) electrons. The van der Waals surface area contributed by atoms with Gasteiger partial charge in [0, 0.05) is 30.9 Å². The number of rotatable bonds is 5. The molecule has 0 bridgehead atoms. The highest BCUT2D eigenvalue weighted by Gasteiger charge is 2.18. The van der Waals surface area contributed by atoms with E-state index in [1.165, 1.54) is 23.2 Å². The van der Waals surface area contributed by atoms with E-state index in [0.717, 1.165) is 31.6 Å². The van der Waals surface area contributed by atoms with Gasteiger partial charge in [0.1, 0.15) is 5.75 Å². The molecule has 3 rings (SSSR count). The Balaban J connectivity index is 1.55. The van der Waals surface area contributed by atoms with E-state index in [4.69, 9.17) is 4.74 Å². The van der Waals surface area contributed by atoms with Crippen molar-refractivity contribution in [3.05, 3.63) is 47.5 Å². The number of nitrogens with one attached hydrogen (secondary N) is 2. The lowest BCUT2D eigenvalue weighted by Gasteiger charge is -2.26. The first kappa shape index (κ1) is 13.2. The maximum absolute atomic E-state index is 5.31. The molecule has 0 aliphatic heterocycles. The van der Waals surface area contributed by atoms with Crippen LogP contribution in [-0.2, 0) is 19.3 Å². The minimum atomic E-state index is 0.567. The zero-order chi connectivity index (χ0) is 13.8. The van der Waals surface area contributed by atoms with E-state index in [1.54, 1.807) is 13.4 Å². The summed E-state index contributed by atoms with van der Waals surface area (Å²) in [7, 11) is 1.73. The second-order valence-electron chi connectivity index (χ2n) is 5.36. The van der Waals surface area contributed by atoms with Crippen LogP contribution in [0.3, 0.4) is 0 Å². The van der Waals surface area contributed by atoms with Crippen LogP contribution >= 0.6 is 0 Å². The van der Waals surface area contributed by atoms with E-state index in [-0.39, 0.29) is 0 Å². The molecule has 1 aromatic heterocycles. The maximum atomic E-state index is 5.31. The number of H-pyrrole nitrogens is 1. The summed E-state index contributed by atoms with van der Waals surface area (Å²) in [5, 5.41) is 3.65. The molecule has 106 valence electrons. The number of fused-ring (bicyclic) bond motifs is 1. The van der Waals surface area contributed by atoms with Gasteiger partial charge in [0.2, 0.25) is 0 Å². The molecule has 1 atom stereocenters. The third kappa shape index (κ3) is 3.02. The average Bonchev–Trinajstić information content (AvgIpc) is 3.00. The van der Waals surface area contributed by atoms with Crippen molar-refractivity contribution in [3.8, 4) is 5.75 Å². The van der Waals surface area contributed by atoms with Crippen LogP contribution in [0.5, 0.6) is 5.75 Å². The largest absolute Gasteiger partial charge is 0.497 e. The Labute approximate surface area is 119 Å². The molecule has 1 unspecified atom stereocenters. The number of hydrogen-bond donors (Lipinski definition) is 2. The van der Waals surface area contributed by atoms with Crippen molar-refractivity contribution in [2.45, 2.75) is 31.7 Å². The summed E-state index contributed by atoms with van der Waals surface area (Å²) in [6.07, 6.45) is 8.08. The summed E-state index contributed by atoms with van der Waals surface area (Å²) < 4.78 is 5.31. The van der Waals surface area contributed by atoms with Crippen molar-refractivity contribution in [2.24, 2.45) is 0 Å². The van der Waals surface area contributed by atoms with Crippen molar-refractivity contribution in [1.29, 1.82) is 0 Å². The maximum Gasteiger partial charge on any atom is 0.119 e. The quantitative estimate of drug-likeness (QED) is 0.875. The van der Waals surface area contributed by atoms with Crippen LogP contribution in [0.25, 0.3) is 0 Å². The van der Waals surface area contributed by atoms with E-state index >= 15 is 0 Å². The van der Waals surface area contributed by atoms with Gasteiger partial charge in [-0.05, 0) is 42.5 Å². The second-order valence-corrected chi connectivity index (χ2v) is 5.36. The van der Waals surface area contributed by atoms with E-state index < -0.39 is 0 Å². The number of ether oxygens (including phenoxy) is 1. The topological polar surface area (TPSA) is 49.9 Å². The minimum absolute atomic E-state index is 0.567. The molecule has 0 spiro atoms. The predicted octanol–water partition coefficient (Wildman–Crippen LogP) is 2.11. The lowest BCUT2D eigenvalue weighted by molar-refractivity contribution is 0.411. The molecule has 4 heteroatoms. The molecule has 0 fully saturated rings. The summed E-state index contributed by atoms with van der Waals surface area (Å²) in [6.45, 7) is 0.992. The van der Waals surface area contributed by atoms with Crippen LogP contribution in [0.1, 0.15) is 23.2 Å². The van der Waals surface area contributed by atoms with Crippen molar-refractivity contribution in [2.75, 3.05) is 13.7 Å². The van der Waals surface area contributed by atoms with E-state index in [2.05, 4.69) is 33.5 Å². The number of aromatic amines is 1. The van der Waals surface area contributed by atoms with Gasteiger partial charge in [-0.2, -0.15) is 0 Å². The number of methoxy groups -OCH3 is 1. The molecule has 1 aliphatic carbocycles. The number of nitrogens with zero attached hydrogens (tertiary/aromatic N) is 1. The summed E-state index contributed by atoms with van der Waals surface area (Å²) in [6, 6.07) is 7.01. The number of aryl methyl sites for hydroxylation is 1. The SMILES string of the molecule is COc1ccc2c(c1)CC(NCCc1cnc[nH]1)CC2. The van der Waals surface area contributed by atoms with Crippen LogP contribution in [0, 0.1) is 0 Å². The number of imidazole rings is 1. The highest BCUT2D eigenvalue weighted by atomic mass is 16.5. The van der Waals surface area contributed by atoms with Crippen LogP contribution in [0.2, 0.25) is 0 Å². The lowest BCUT2D eigenvalue weighted by atomic mass is 9.88. The molecule has 20 heavy (non-hydrogen) atoms. The fourth-order valence-corrected chi connectivity index (χ4v) is 2.87. The molecule has 0 saturated heterocycles. The molecule has 4 nitrogen and oxygen atoms in total. The molecule has 2 aromatic rings. The minimum Gasteiger partial charge on any atom is -0.497 e. The monoisotopic (exact) mass is 271 g/mol. The van der Waals surface area contributed by atoms with Crippen LogP contribution < -0.4 is 10.1 Å². The number of aromatic nitrogens is 2. The fourth-order valence-electron chi connectivity index (χ4n) is 2.87. The molecule has 0 amide bonds. The van der Waals surface area contributed by atoms with Crippen molar-refractivity contribution >= 4 is 0 Å². The molecule has 0 saturated carbocycles. The lowest BCUT2D eigenvalue weighted by Crippen LogP contribution is -2.35. The van der Waals surface area contributed by atoms with Crippen molar-refractivity contribution in [1.82, 2.24) is 15.3 Å². The van der Waals surface area contributed by atoms with Gasteiger partial charge in [-0.25, -0.2) is 4.98 Å². The third-order valence-electron chi connectivity index (χ3n) is 4.02. The second kappa shape index (κ2) is 6.09. The predicted molar refractivity (Wildman–Crippen MR) is 79.1 cm³/mol. The average molecular weight is 271 g/mol. The van der Waals surface area contributed by atoms with Crippen molar-refractivity contribution in [3.63, 3.8) is 0 Å². The van der Waals surface area contributed by atoms with Gasteiger partial charge in [0.05, 0.1) is 13.4 Å². The summed E-state index contributed by atoms with van der Waals surface area (Å²) in [4.78, 5) is 7.18. The van der Waals surface area contributed by atoms with Gasteiger partial charge in [-0.3, -0.25) is 0 Å². The molecule has 1 heterocycles. The Hall–Kier alpha value is -1.81. The first-order valence-corrected chi connectivity index (χ1v) is 7.21. The highest BCUT2D eigenvalue weighted by molar-refractivity contribution is 5.37. The zero-order valence-corrected chi connectivity index (χ0v) is 11.9. The van der Waals surface area contributed by atoms with E-state index in [0.29, 0.717) is 6.04 Å². The normalized spacial score (nSPS) is 17.8. The summed E-state index contributed by atoms with van der Waals surface area (Å²) in [5.41, 5.74) is 4.09. The summed E-state index contributed by atoms with van der Waals surface area (Å²) in [5.74, 6) is 0.960. The molecule has 2 N–H and O–H groups in total. The van der Waals surface area contributed by atoms with Crippen LogP contribution in [0.15, 0.2) is 30.7 Å². The summed E-state index contributed by atoms with van der Waals surface area (Å²) >= 11 is 0. The van der Waals surface area contributed by atoms with E-state index in [1.807, 2.05) is 6.20 Å². The Morgan fingerprint density at radius 1 is 1.40 bits per heavy atom. The Bertz CT molecular complexity index is 551. The number of benzene rings is 1. The van der Waals surface area contributed by atoms with Crippen LogP contribution in [0.4, 0.5) is 0 Å². The van der Waals surface area contributed by atoms with Crippen LogP contribution in [-0.4, -0.2) is 29.7 Å². The third-order valence-corrected chi connectivity index (χ3v) is 4.02. The number of hydrogen-bond acceptors (Lipinski definition) is 3. The molecular weight excluding hydrogens is 250 g/mol. The molecular formula is C16H21N3O. The fraction of sp³-hybridized carbons (Fsp3) is 0.438. The Kier molecular flexibility index (Phi) is 4.02.